The first-order valence-corrected chi connectivity index (χ1v) is 4.62. The minimum absolute atomic E-state index is 0.375. The Labute approximate surface area is 84.6 Å². The molecular formula is C10H6BrNO. The van der Waals surface area contributed by atoms with Crippen LogP contribution in [0.5, 0.6) is 5.75 Å². The number of hydrogen-bond donors (Lipinski definition) is 0. The third-order valence-corrected chi connectivity index (χ3v) is 2.55. The average molecular weight is 236 g/mol. The maximum Gasteiger partial charge on any atom is 0.128 e. The second-order valence-corrected chi connectivity index (χ2v) is 3.58. The molecular weight excluding hydrogens is 230 g/mol. The number of ether oxygens (including phenoxy) is 1. The molecule has 0 saturated heterocycles. The van der Waals surface area contributed by atoms with E-state index in [-0.39, 0.29) is 0 Å². The van der Waals surface area contributed by atoms with Crippen molar-refractivity contribution in [3.63, 3.8) is 0 Å². The van der Waals surface area contributed by atoms with E-state index in [0.717, 1.165) is 15.8 Å². The maximum atomic E-state index is 8.69. The van der Waals surface area contributed by atoms with Gasteiger partial charge < -0.3 is 4.74 Å². The van der Waals surface area contributed by atoms with Crippen molar-refractivity contribution < 1.29 is 4.74 Å². The van der Waals surface area contributed by atoms with Gasteiger partial charge in [-0.05, 0) is 18.2 Å². The second-order valence-electron chi connectivity index (χ2n) is 2.72. The van der Waals surface area contributed by atoms with Crippen LogP contribution in [0.1, 0.15) is 5.56 Å². The van der Waals surface area contributed by atoms with Crippen LogP contribution in [0.4, 0.5) is 0 Å². The molecule has 0 unspecified atom stereocenters. The highest BCUT2D eigenvalue weighted by molar-refractivity contribution is 9.10. The van der Waals surface area contributed by atoms with Crippen LogP contribution >= 0.6 is 15.9 Å². The van der Waals surface area contributed by atoms with Crippen LogP contribution in [-0.2, 0) is 0 Å². The largest absolute Gasteiger partial charge is 0.487 e. The van der Waals surface area contributed by atoms with E-state index in [1.165, 1.54) is 0 Å². The summed E-state index contributed by atoms with van der Waals surface area (Å²) < 4.78 is 6.34. The molecule has 0 aliphatic carbocycles. The highest BCUT2D eigenvalue weighted by Crippen LogP contribution is 2.31. The summed E-state index contributed by atoms with van der Waals surface area (Å²) in [5.74, 6) is 0.827. The van der Waals surface area contributed by atoms with Gasteiger partial charge in [0.2, 0.25) is 0 Å². The lowest BCUT2D eigenvalue weighted by atomic mass is 10.1. The van der Waals surface area contributed by atoms with Crippen LogP contribution in [0, 0.1) is 11.3 Å². The molecule has 3 heteroatoms. The number of benzene rings is 1. The second kappa shape index (κ2) is 3.23. The van der Waals surface area contributed by atoms with Crippen molar-refractivity contribution in [2.24, 2.45) is 0 Å². The van der Waals surface area contributed by atoms with E-state index in [4.69, 9.17) is 10.00 Å². The number of hydrogen-bond acceptors (Lipinski definition) is 2. The Hall–Kier alpha value is -1.27. The molecule has 1 aromatic carbocycles. The molecule has 0 bridgehead atoms. The summed E-state index contributed by atoms with van der Waals surface area (Å²) in [5, 5.41) is 8.69. The number of halogens is 1. The van der Waals surface area contributed by atoms with Gasteiger partial charge in [-0.2, -0.15) is 5.26 Å². The summed E-state index contributed by atoms with van der Waals surface area (Å²) in [6, 6.07) is 7.82. The average Bonchev–Trinajstić information content (AvgIpc) is 2.18. The van der Waals surface area contributed by atoms with Crippen molar-refractivity contribution in [2.45, 2.75) is 0 Å². The van der Waals surface area contributed by atoms with Gasteiger partial charge in [0, 0.05) is 10.0 Å². The van der Waals surface area contributed by atoms with Gasteiger partial charge in [0.15, 0.2) is 0 Å². The van der Waals surface area contributed by atoms with E-state index in [9.17, 15) is 0 Å². The first-order valence-electron chi connectivity index (χ1n) is 3.83. The fourth-order valence-electron chi connectivity index (χ4n) is 1.22. The van der Waals surface area contributed by atoms with Gasteiger partial charge in [0.05, 0.1) is 11.6 Å². The minimum Gasteiger partial charge on any atom is -0.487 e. The van der Waals surface area contributed by atoms with E-state index in [2.05, 4.69) is 22.0 Å². The first-order chi connectivity index (χ1) is 6.31. The van der Waals surface area contributed by atoms with E-state index < -0.39 is 0 Å². The van der Waals surface area contributed by atoms with Gasteiger partial charge in [-0.25, -0.2) is 0 Å². The van der Waals surface area contributed by atoms with Crippen molar-refractivity contribution in [3.05, 3.63) is 33.8 Å². The van der Waals surface area contributed by atoms with Gasteiger partial charge in [0.1, 0.15) is 12.4 Å². The predicted octanol–water partition coefficient (Wildman–Crippen LogP) is 2.75. The SMILES string of the molecule is N#CC1=Cc2c(Br)cccc2OC1. The van der Waals surface area contributed by atoms with Crippen LogP contribution in [0.25, 0.3) is 6.08 Å². The van der Waals surface area contributed by atoms with Crippen LogP contribution in [0.3, 0.4) is 0 Å². The molecule has 0 N–H and O–H groups in total. The quantitative estimate of drug-likeness (QED) is 0.693. The van der Waals surface area contributed by atoms with Gasteiger partial charge in [-0.1, -0.05) is 22.0 Å². The van der Waals surface area contributed by atoms with E-state index in [1.807, 2.05) is 24.3 Å². The molecule has 0 amide bonds. The van der Waals surface area contributed by atoms with Gasteiger partial charge in [-0.15, -0.1) is 0 Å². The Morgan fingerprint density at radius 1 is 1.46 bits per heavy atom. The van der Waals surface area contributed by atoms with Crippen molar-refractivity contribution >= 4 is 22.0 Å². The lowest BCUT2D eigenvalue weighted by Gasteiger charge is -2.14. The Kier molecular flexibility index (Phi) is 2.07. The monoisotopic (exact) mass is 235 g/mol. The predicted molar refractivity (Wildman–Crippen MR) is 53.2 cm³/mol. The maximum absolute atomic E-state index is 8.69. The molecule has 64 valence electrons. The summed E-state index contributed by atoms with van der Waals surface area (Å²) in [7, 11) is 0. The smallest absolute Gasteiger partial charge is 0.128 e. The molecule has 2 rings (SSSR count). The molecule has 1 aliphatic heterocycles. The summed E-state index contributed by atoms with van der Waals surface area (Å²) in [5.41, 5.74) is 1.60. The zero-order valence-corrected chi connectivity index (χ0v) is 8.34. The Morgan fingerprint density at radius 2 is 2.31 bits per heavy atom. The number of fused-ring (bicyclic) bond motifs is 1. The molecule has 0 saturated carbocycles. The van der Waals surface area contributed by atoms with Crippen LogP contribution in [0.15, 0.2) is 28.2 Å². The standard InChI is InChI=1S/C10H6BrNO/c11-9-2-1-3-10-8(9)4-7(5-12)6-13-10/h1-4H,6H2. The zero-order chi connectivity index (χ0) is 9.26. The number of nitriles is 1. The normalized spacial score (nSPS) is 13.7. The van der Waals surface area contributed by atoms with E-state index in [1.54, 1.807) is 0 Å². The molecule has 0 atom stereocenters. The summed E-state index contributed by atoms with van der Waals surface area (Å²) >= 11 is 3.40. The topological polar surface area (TPSA) is 33.0 Å². The highest BCUT2D eigenvalue weighted by Gasteiger charge is 2.12. The fourth-order valence-corrected chi connectivity index (χ4v) is 1.68. The minimum atomic E-state index is 0.375. The Bertz CT molecular complexity index is 417. The van der Waals surface area contributed by atoms with Crippen molar-refractivity contribution in [1.29, 1.82) is 5.26 Å². The van der Waals surface area contributed by atoms with Crippen molar-refractivity contribution in [2.75, 3.05) is 6.61 Å². The van der Waals surface area contributed by atoms with Crippen molar-refractivity contribution in [3.8, 4) is 11.8 Å². The molecule has 0 fully saturated rings. The zero-order valence-electron chi connectivity index (χ0n) is 6.75. The molecule has 0 spiro atoms. The third-order valence-electron chi connectivity index (χ3n) is 1.86. The molecule has 0 aromatic heterocycles. The summed E-state index contributed by atoms with van der Waals surface area (Å²) in [6.07, 6.45) is 1.85. The van der Waals surface area contributed by atoms with Gasteiger partial charge in [-0.3, -0.25) is 0 Å². The molecule has 1 heterocycles. The van der Waals surface area contributed by atoms with E-state index in [0.29, 0.717) is 12.2 Å². The summed E-state index contributed by atoms with van der Waals surface area (Å²) in [4.78, 5) is 0. The molecule has 1 aromatic rings. The lowest BCUT2D eigenvalue weighted by molar-refractivity contribution is 0.351. The summed E-state index contributed by atoms with van der Waals surface area (Å²) in [6.45, 7) is 0.375. The molecule has 13 heavy (non-hydrogen) atoms. The Balaban J connectivity index is 2.57. The third kappa shape index (κ3) is 1.45. The number of nitrogens with zero attached hydrogens (tertiary/aromatic N) is 1. The van der Waals surface area contributed by atoms with Crippen molar-refractivity contribution in [1.82, 2.24) is 0 Å². The van der Waals surface area contributed by atoms with Crippen LogP contribution in [-0.4, -0.2) is 6.61 Å². The number of rotatable bonds is 0. The van der Waals surface area contributed by atoms with Crippen LogP contribution in [0.2, 0.25) is 0 Å². The molecule has 1 aliphatic rings. The molecule has 2 nitrogen and oxygen atoms in total. The first kappa shape index (κ1) is 8.33. The highest BCUT2D eigenvalue weighted by atomic mass is 79.9. The van der Waals surface area contributed by atoms with Gasteiger partial charge in [0.25, 0.3) is 0 Å². The van der Waals surface area contributed by atoms with Gasteiger partial charge >= 0.3 is 0 Å². The fraction of sp³-hybridized carbons (Fsp3) is 0.100. The van der Waals surface area contributed by atoms with E-state index >= 15 is 0 Å². The van der Waals surface area contributed by atoms with Crippen LogP contribution < -0.4 is 4.74 Å². The Morgan fingerprint density at radius 3 is 3.08 bits per heavy atom. The molecule has 0 radical (unpaired) electrons. The lowest BCUT2D eigenvalue weighted by Crippen LogP contribution is -2.06.